The van der Waals surface area contributed by atoms with E-state index in [0.29, 0.717) is 0 Å². The number of hydrogen-bond acceptors (Lipinski definition) is 5. The normalized spacial score (nSPS) is 18.2. The number of hydrogen-bond donors (Lipinski definition) is 0. The van der Waals surface area contributed by atoms with E-state index in [1.807, 2.05) is 12.1 Å². The summed E-state index contributed by atoms with van der Waals surface area (Å²) in [7, 11) is 1.71. The van der Waals surface area contributed by atoms with Crippen LogP contribution in [0.3, 0.4) is 0 Å². The number of piperazine rings is 1. The van der Waals surface area contributed by atoms with Gasteiger partial charge in [-0.2, -0.15) is 0 Å². The van der Waals surface area contributed by atoms with Crippen LogP contribution in [0.1, 0.15) is 37.0 Å². The second kappa shape index (κ2) is 8.66. The van der Waals surface area contributed by atoms with Gasteiger partial charge in [0.1, 0.15) is 11.9 Å². The maximum atomic E-state index is 6.20. The van der Waals surface area contributed by atoms with Crippen molar-refractivity contribution in [1.29, 1.82) is 0 Å². The Hall–Kier alpha value is -2.56. The Kier molecular flexibility index (Phi) is 5.98. The van der Waals surface area contributed by atoms with Crippen LogP contribution in [0.5, 0.6) is 17.2 Å². The van der Waals surface area contributed by atoms with Crippen molar-refractivity contribution >= 4 is 11.4 Å². The fourth-order valence-electron chi connectivity index (χ4n) is 4.74. The topological polar surface area (TPSA) is 34.2 Å². The zero-order chi connectivity index (χ0) is 21.3. The molecule has 2 aromatic carbocycles. The highest BCUT2D eigenvalue weighted by atomic mass is 16.5. The lowest BCUT2D eigenvalue weighted by atomic mass is 9.96. The van der Waals surface area contributed by atoms with Crippen molar-refractivity contribution in [2.75, 3.05) is 49.7 Å². The highest BCUT2D eigenvalue weighted by Gasteiger charge is 2.32. The molecule has 1 fully saturated rings. The van der Waals surface area contributed by atoms with Gasteiger partial charge in [0, 0.05) is 55.1 Å². The third kappa shape index (κ3) is 3.78. The number of methoxy groups -OCH3 is 1. The lowest BCUT2D eigenvalue weighted by Crippen LogP contribution is -2.47. The summed E-state index contributed by atoms with van der Waals surface area (Å²) in [6.07, 6.45) is 2.17. The second-order valence-corrected chi connectivity index (χ2v) is 8.39. The summed E-state index contributed by atoms with van der Waals surface area (Å²) < 4.78 is 17.7. The Bertz CT molecular complexity index is 887. The molecule has 2 aromatic rings. The predicted octanol–water partition coefficient (Wildman–Crippen LogP) is 4.75. The van der Waals surface area contributed by atoms with E-state index < -0.39 is 0 Å². The van der Waals surface area contributed by atoms with Gasteiger partial charge in [0.2, 0.25) is 0 Å². The van der Waals surface area contributed by atoms with Crippen LogP contribution >= 0.6 is 0 Å². The van der Waals surface area contributed by atoms with Gasteiger partial charge >= 0.3 is 0 Å². The maximum Gasteiger partial charge on any atom is 0.166 e. The van der Waals surface area contributed by atoms with Crippen molar-refractivity contribution in [2.24, 2.45) is 0 Å². The first-order chi connectivity index (χ1) is 14.5. The summed E-state index contributed by atoms with van der Waals surface area (Å²) in [5, 5.41) is 0. The molecule has 5 heteroatoms. The van der Waals surface area contributed by atoms with Crippen LogP contribution < -0.4 is 24.0 Å². The van der Waals surface area contributed by atoms with E-state index >= 15 is 0 Å². The Labute approximate surface area is 180 Å². The summed E-state index contributed by atoms with van der Waals surface area (Å²) in [6.45, 7) is 13.4. The third-order valence-corrected chi connectivity index (χ3v) is 6.28. The molecular formula is C25H34N2O3. The first kappa shape index (κ1) is 20.7. The minimum atomic E-state index is 0.212. The van der Waals surface area contributed by atoms with Gasteiger partial charge in [-0.15, -0.1) is 0 Å². The van der Waals surface area contributed by atoms with Crippen LogP contribution in [0.25, 0.3) is 0 Å². The van der Waals surface area contributed by atoms with Gasteiger partial charge in [-0.05, 0) is 57.0 Å². The number of fused-ring (bicyclic) bond motifs is 1. The summed E-state index contributed by atoms with van der Waals surface area (Å²) in [5.41, 5.74) is 6.49. The number of nitrogens with zero attached hydrogens (tertiary/aromatic N) is 2. The maximum absolute atomic E-state index is 6.20. The lowest BCUT2D eigenvalue weighted by Gasteiger charge is -2.39. The van der Waals surface area contributed by atoms with E-state index in [2.05, 4.69) is 49.6 Å². The molecule has 1 atom stereocenters. The molecule has 30 heavy (non-hydrogen) atoms. The van der Waals surface area contributed by atoms with Crippen LogP contribution in [-0.2, 0) is 6.42 Å². The van der Waals surface area contributed by atoms with Gasteiger partial charge < -0.3 is 24.0 Å². The molecule has 0 spiro atoms. The Morgan fingerprint density at radius 2 is 1.67 bits per heavy atom. The minimum absolute atomic E-state index is 0.212. The van der Waals surface area contributed by atoms with Gasteiger partial charge in [-0.3, -0.25) is 0 Å². The van der Waals surface area contributed by atoms with Crippen molar-refractivity contribution in [2.45, 2.75) is 46.6 Å². The zero-order valence-corrected chi connectivity index (χ0v) is 19.0. The summed E-state index contributed by atoms with van der Waals surface area (Å²) in [5.74, 6) is 2.83. The van der Waals surface area contributed by atoms with Crippen molar-refractivity contribution in [1.82, 2.24) is 0 Å². The van der Waals surface area contributed by atoms with E-state index in [1.165, 1.54) is 28.1 Å². The highest BCUT2D eigenvalue weighted by Crippen LogP contribution is 2.48. The van der Waals surface area contributed by atoms with Gasteiger partial charge in [0.05, 0.1) is 13.7 Å². The molecule has 2 heterocycles. The zero-order valence-electron chi connectivity index (χ0n) is 19.0. The van der Waals surface area contributed by atoms with E-state index in [0.717, 1.165) is 62.9 Å². The summed E-state index contributed by atoms with van der Waals surface area (Å²) in [6, 6.07) is 8.37. The van der Waals surface area contributed by atoms with Gasteiger partial charge in [-0.1, -0.05) is 6.92 Å². The van der Waals surface area contributed by atoms with Gasteiger partial charge in [0.15, 0.2) is 11.5 Å². The fourth-order valence-corrected chi connectivity index (χ4v) is 4.74. The van der Waals surface area contributed by atoms with Crippen molar-refractivity contribution in [3.8, 4) is 17.2 Å². The first-order valence-electron chi connectivity index (χ1n) is 11.1. The predicted molar refractivity (Wildman–Crippen MR) is 123 cm³/mol. The number of anilines is 2. The fraction of sp³-hybridized carbons (Fsp3) is 0.520. The van der Waals surface area contributed by atoms with Crippen molar-refractivity contribution in [3.63, 3.8) is 0 Å². The number of benzene rings is 2. The smallest absolute Gasteiger partial charge is 0.166 e. The molecule has 4 rings (SSSR count). The average Bonchev–Trinajstić information content (AvgIpc) is 3.16. The van der Waals surface area contributed by atoms with Crippen molar-refractivity contribution < 1.29 is 14.2 Å². The quantitative estimate of drug-likeness (QED) is 0.686. The minimum Gasteiger partial charge on any atom is -0.497 e. The molecular weight excluding hydrogens is 376 g/mol. The summed E-state index contributed by atoms with van der Waals surface area (Å²) in [4.78, 5) is 4.99. The summed E-state index contributed by atoms with van der Waals surface area (Å²) >= 11 is 0. The molecule has 0 aliphatic carbocycles. The molecule has 0 amide bonds. The highest BCUT2D eigenvalue weighted by molar-refractivity contribution is 5.73. The molecule has 0 aromatic heterocycles. The molecule has 1 saturated heterocycles. The average molecular weight is 411 g/mol. The van der Waals surface area contributed by atoms with E-state index in [4.69, 9.17) is 14.2 Å². The molecule has 0 N–H and O–H groups in total. The third-order valence-electron chi connectivity index (χ3n) is 6.28. The largest absolute Gasteiger partial charge is 0.497 e. The molecule has 1 unspecified atom stereocenters. The van der Waals surface area contributed by atoms with E-state index in [1.54, 1.807) is 7.11 Å². The lowest BCUT2D eigenvalue weighted by molar-refractivity contribution is 0.233. The van der Waals surface area contributed by atoms with Crippen LogP contribution in [0.15, 0.2) is 24.3 Å². The standard InChI is InChI=1S/C25H34N2O3/c1-6-15-29-24-19(4)23(18(3)22-16-17(2)30-25(22)24)27-13-11-26(12-14-27)20-7-9-21(28-5)10-8-20/h7-10,17H,6,11-16H2,1-5H3. The molecule has 2 aliphatic rings. The molecule has 0 radical (unpaired) electrons. The molecule has 5 nitrogen and oxygen atoms in total. The van der Waals surface area contributed by atoms with Gasteiger partial charge in [-0.25, -0.2) is 0 Å². The van der Waals surface area contributed by atoms with Crippen LogP contribution in [0.2, 0.25) is 0 Å². The Morgan fingerprint density at radius 3 is 2.30 bits per heavy atom. The molecule has 0 saturated carbocycles. The van der Waals surface area contributed by atoms with E-state index in [-0.39, 0.29) is 6.10 Å². The molecule has 0 bridgehead atoms. The molecule has 162 valence electrons. The monoisotopic (exact) mass is 410 g/mol. The van der Waals surface area contributed by atoms with Crippen LogP contribution in [-0.4, -0.2) is 46.0 Å². The van der Waals surface area contributed by atoms with Crippen LogP contribution in [0.4, 0.5) is 11.4 Å². The van der Waals surface area contributed by atoms with E-state index in [9.17, 15) is 0 Å². The SMILES string of the molecule is CCCOc1c(C)c(N2CCN(c3ccc(OC)cc3)CC2)c(C)c2c1OC(C)C2. The molecule has 2 aliphatic heterocycles. The van der Waals surface area contributed by atoms with Crippen molar-refractivity contribution in [3.05, 3.63) is 41.0 Å². The van der Waals surface area contributed by atoms with Gasteiger partial charge in [0.25, 0.3) is 0 Å². The van der Waals surface area contributed by atoms with Crippen LogP contribution in [0, 0.1) is 13.8 Å². The first-order valence-corrected chi connectivity index (χ1v) is 11.1. The Balaban J connectivity index is 1.58. The number of ether oxygens (including phenoxy) is 3. The second-order valence-electron chi connectivity index (χ2n) is 8.39. The Morgan fingerprint density at radius 1 is 1.00 bits per heavy atom. The number of rotatable bonds is 6.